The van der Waals surface area contributed by atoms with Crippen molar-refractivity contribution in [2.24, 2.45) is 5.10 Å². The molecule has 2 N–H and O–H groups in total. The van der Waals surface area contributed by atoms with Gasteiger partial charge in [-0.1, -0.05) is 36.4 Å². The zero-order valence-electron chi connectivity index (χ0n) is 12.3. The Kier molecular flexibility index (Phi) is 6.22. The number of aromatic nitrogens is 1. The molecule has 2 rings (SSSR count). The third-order valence-corrected chi connectivity index (χ3v) is 2.79. The topological polar surface area (TPSA) is 83.5 Å². The Balaban J connectivity index is 1.70. The molecule has 0 fully saturated rings. The van der Waals surface area contributed by atoms with Gasteiger partial charge in [0.2, 0.25) is 0 Å². The Bertz CT molecular complexity index is 697. The second-order valence-electron chi connectivity index (χ2n) is 4.50. The summed E-state index contributed by atoms with van der Waals surface area (Å²) >= 11 is 0. The van der Waals surface area contributed by atoms with Crippen molar-refractivity contribution in [2.45, 2.75) is 0 Å². The molecule has 0 spiro atoms. The average Bonchev–Trinajstić information content (AvgIpc) is 2.61. The average molecular weight is 308 g/mol. The minimum absolute atomic E-state index is 0.152. The summed E-state index contributed by atoms with van der Waals surface area (Å²) in [5.74, 6) is -0.743. The first kappa shape index (κ1) is 16.1. The molecule has 0 unspecified atom stereocenters. The van der Waals surface area contributed by atoms with Gasteiger partial charge in [-0.15, -0.1) is 0 Å². The maximum absolute atomic E-state index is 11.7. The molecule has 2 amide bonds. The van der Waals surface area contributed by atoms with Crippen LogP contribution in [-0.4, -0.2) is 29.6 Å². The lowest BCUT2D eigenvalue weighted by Gasteiger charge is -2.03. The fourth-order valence-corrected chi connectivity index (χ4v) is 1.68. The van der Waals surface area contributed by atoms with Crippen LogP contribution in [0.25, 0.3) is 6.08 Å². The first-order chi connectivity index (χ1) is 11.3. The fourth-order valence-electron chi connectivity index (χ4n) is 1.68. The number of amides is 2. The number of hydrazone groups is 1. The van der Waals surface area contributed by atoms with Gasteiger partial charge in [0.05, 0.1) is 6.54 Å². The highest BCUT2D eigenvalue weighted by atomic mass is 16.2. The molecule has 0 atom stereocenters. The number of carbonyl (C=O) groups is 2. The van der Waals surface area contributed by atoms with E-state index in [4.69, 9.17) is 0 Å². The van der Waals surface area contributed by atoms with Gasteiger partial charge in [0, 0.05) is 24.2 Å². The van der Waals surface area contributed by atoms with Gasteiger partial charge in [0.25, 0.3) is 11.8 Å². The van der Waals surface area contributed by atoms with Crippen LogP contribution in [0.5, 0.6) is 0 Å². The minimum Gasteiger partial charge on any atom is -0.343 e. The number of carbonyl (C=O) groups excluding carboxylic acids is 2. The van der Waals surface area contributed by atoms with Gasteiger partial charge in [-0.2, -0.15) is 5.10 Å². The van der Waals surface area contributed by atoms with Crippen LogP contribution in [0.3, 0.4) is 0 Å². The highest BCUT2D eigenvalue weighted by Gasteiger charge is 2.06. The van der Waals surface area contributed by atoms with E-state index in [1.807, 2.05) is 36.4 Å². The molecular formula is C17H16N4O2. The lowest BCUT2D eigenvalue weighted by molar-refractivity contribution is -0.120. The standard InChI is InChI=1S/C17H16N4O2/c22-16(13-19-17(23)15-8-11-18-12-9-15)21-20-10-4-7-14-5-2-1-3-6-14/h1-12H,13H2,(H,19,23)(H,21,22)/b7-4+,20-10+. The highest BCUT2D eigenvalue weighted by molar-refractivity contribution is 5.96. The molecule has 6 heteroatoms. The van der Waals surface area contributed by atoms with Crippen molar-refractivity contribution in [3.05, 3.63) is 72.1 Å². The molecule has 23 heavy (non-hydrogen) atoms. The summed E-state index contributed by atoms with van der Waals surface area (Å²) in [6.07, 6.45) is 8.07. The molecule has 0 aliphatic heterocycles. The molecule has 0 aliphatic rings. The molecule has 1 aromatic carbocycles. The molecule has 0 aliphatic carbocycles. The summed E-state index contributed by atoms with van der Waals surface area (Å²) < 4.78 is 0. The van der Waals surface area contributed by atoms with Crippen molar-refractivity contribution in [1.82, 2.24) is 15.7 Å². The zero-order chi connectivity index (χ0) is 16.3. The Morgan fingerprint density at radius 3 is 2.57 bits per heavy atom. The van der Waals surface area contributed by atoms with E-state index in [0.29, 0.717) is 5.56 Å². The largest absolute Gasteiger partial charge is 0.343 e. The maximum Gasteiger partial charge on any atom is 0.259 e. The normalized spacial score (nSPS) is 10.8. The van der Waals surface area contributed by atoms with Gasteiger partial charge in [-0.05, 0) is 23.8 Å². The van der Waals surface area contributed by atoms with Crippen molar-refractivity contribution in [1.29, 1.82) is 0 Å². The van der Waals surface area contributed by atoms with Crippen LogP contribution in [0.2, 0.25) is 0 Å². The molecular weight excluding hydrogens is 292 g/mol. The number of allylic oxidation sites excluding steroid dienone is 1. The number of nitrogens with one attached hydrogen (secondary N) is 2. The number of benzene rings is 1. The Hall–Kier alpha value is -3.28. The smallest absolute Gasteiger partial charge is 0.259 e. The van der Waals surface area contributed by atoms with E-state index in [9.17, 15) is 9.59 Å². The van der Waals surface area contributed by atoms with Crippen LogP contribution in [0, 0.1) is 0 Å². The van der Waals surface area contributed by atoms with Crippen molar-refractivity contribution >= 4 is 24.1 Å². The Morgan fingerprint density at radius 2 is 1.83 bits per heavy atom. The number of hydrogen-bond donors (Lipinski definition) is 2. The lowest BCUT2D eigenvalue weighted by atomic mass is 10.2. The molecule has 1 heterocycles. The van der Waals surface area contributed by atoms with Crippen LogP contribution in [-0.2, 0) is 4.79 Å². The predicted octanol–water partition coefficient (Wildman–Crippen LogP) is 1.63. The summed E-state index contributed by atoms with van der Waals surface area (Å²) in [6, 6.07) is 12.9. The zero-order valence-corrected chi connectivity index (χ0v) is 12.3. The minimum atomic E-state index is -0.406. The molecule has 0 saturated carbocycles. The van der Waals surface area contributed by atoms with Crippen molar-refractivity contribution in [3.8, 4) is 0 Å². The number of nitrogens with zero attached hydrogens (tertiary/aromatic N) is 2. The van der Waals surface area contributed by atoms with Gasteiger partial charge in [0.15, 0.2) is 0 Å². The third kappa shape index (κ3) is 5.92. The maximum atomic E-state index is 11.7. The van der Waals surface area contributed by atoms with Crippen molar-refractivity contribution in [2.75, 3.05) is 6.54 Å². The molecule has 0 radical (unpaired) electrons. The number of hydrogen-bond acceptors (Lipinski definition) is 4. The second-order valence-corrected chi connectivity index (χ2v) is 4.50. The molecule has 0 bridgehead atoms. The first-order valence-electron chi connectivity index (χ1n) is 6.97. The van der Waals surface area contributed by atoms with E-state index in [1.165, 1.54) is 18.6 Å². The third-order valence-electron chi connectivity index (χ3n) is 2.79. The summed E-state index contributed by atoms with van der Waals surface area (Å²) in [6.45, 7) is -0.152. The highest BCUT2D eigenvalue weighted by Crippen LogP contribution is 1.99. The van der Waals surface area contributed by atoms with Gasteiger partial charge in [0.1, 0.15) is 0 Å². The lowest BCUT2D eigenvalue weighted by Crippen LogP contribution is -2.34. The van der Waals surface area contributed by atoms with Gasteiger partial charge >= 0.3 is 0 Å². The summed E-state index contributed by atoms with van der Waals surface area (Å²) in [7, 11) is 0. The molecule has 116 valence electrons. The van der Waals surface area contributed by atoms with E-state index in [0.717, 1.165) is 5.56 Å². The van der Waals surface area contributed by atoms with Crippen LogP contribution >= 0.6 is 0 Å². The van der Waals surface area contributed by atoms with E-state index >= 15 is 0 Å². The van der Waals surface area contributed by atoms with Crippen molar-refractivity contribution < 1.29 is 9.59 Å². The van der Waals surface area contributed by atoms with Crippen LogP contribution in [0.1, 0.15) is 15.9 Å². The summed E-state index contributed by atoms with van der Waals surface area (Å²) in [5.41, 5.74) is 3.81. The van der Waals surface area contributed by atoms with E-state index in [-0.39, 0.29) is 12.5 Å². The number of pyridine rings is 1. The van der Waals surface area contributed by atoms with E-state index in [1.54, 1.807) is 18.2 Å². The summed E-state index contributed by atoms with van der Waals surface area (Å²) in [4.78, 5) is 27.1. The Labute approximate surface area is 133 Å². The van der Waals surface area contributed by atoms with Gasteiger partial charge in [-0.3, -0.25) is 14.6 Å². The van der Waals surface area contributed by atoms with Crippen LogP contribution in [0.15, 0.2) is 66.0 Å². The Morgan fingerprint density at radius 1 is 1.09 bits per heavy atom. The van der Waals surface area contributed by atoms with Gasteiger partial charge < -0.3 is 5.32 Å². The molecule has 2 aromatic rings. The molecule has 6 nitrogen and oxygen atoms in total. The first-order valence-corrected chi connectivity index (χ1v) is 6.97. The van der Waals surface area contributed by atoms with E-state index in [2.05, 4.69) is 20.8 Å². The predicted molar refractivity (Wildman–Crippen MR) is 88.7 cm³/mol. The van der Waals surface area contributed by atoms with Crippen LogP contribution < -0.4 is 10.7 Å². The summed E-state index contributed by atoms with van der Waals surface area (Å²) in [5, 5.41) is 6.26. The van der Waals surface area contributed by atoms with Crippen LogP contribution in [0.4, 0.5) is 0 Å². The van der Waals surface area contributed by atoms with Crippen molar-refractivity contribution in [3.63, 3.8) is 0 Å². The van der Waals surface area contributed by atoms with E-state index < -0.39 is 5.91 Å². The van der Waals surface area contributed by atoms with Gasteiger partial charge in [-0.25, -0.2) is 5.43 Å². The monoisotopic (exact) mass is 308 g/mol. The molecule has 1 aromatic heterocycles. The number of rotatable bonds is 6. The molecule has 0 saturated heterocycles. The quantitative estimate of drug-likeness (QED) is 0.628. The second kappa shape index (κ2) is 8.89. The fraction of sp³-hybridized carbons (Fsp3) is 0.0588. The SMILES string of the molecule is O=C(CNC(=O)c1ccncc1)N/N=C/C=C/c1ccccc1.